The van der Waals surface area contributed by atoms with E-state index in [1.807, 2.05) is 6.92 Å². The smallest absolute Gasteiger partial charge is 0.211 e. The van der Waals surface area contributed by atoms with Crippen molar-refractivity contribution in [2.24, 2.45) is 9.98 Å². The van der Waals surface area contributed by atoms with Crippen molar-refractivity contribution in [2.45, 2.75) is 77.3 Å². The fourth-order valence-electron chi connectivity index (χ4n) is 2.01. The van der Waals surface area contributed by atoms with Crippen molar-refractivity contribution in [3.63, 3.8) is 0 Å². The molecule has 0 saturated carbocycles. The van der Waals surface area contributed by atoms with Crippen LogP contribution in [0.2, 0.25) is 0 Å². The Hall–Kier alpha value is -1.24. The Kier molecular flexibility index (Phi) is 11.4. The Labute approximate surface area is 110 Å². The Morgan fingerprint density at radius 1 is 0.944 bits per heavy atom. The summed E-state index contributed by atoms with van der Waals surface area (Å²) >= 11 is 0. The van der Waals surface area contributed by atoms with Crippen LogP contribution in [0.15, 0.2) is 9.98 Å². The number of hydrogen-bond acceptors (Lipinski definition) is 4. The standard InChI is InChI=1S/C14H24N2O2/c1-3-4-5-6-7-8-9-14(16-12-18)10-13(2)15-11-17/h13-14H,3-10H2,1-2H3. The lowest BCUT2D eigenvalue weighted by Crippen LogP contribution is -2.12. The van der Waals surface area contributed by atoms with Crippen molar-refractivity contribution in [3.8, 4) is 0 Å². The topological polar surface area (TPSA) is 58.9 Å². The minimum absolute atomic E-state index is 0.0548. The van der Waals surface area contributed by atoms with Gasteiger partial charge in [0.15, 0.2) is 0 Å². The van der Waals surface area contributed by atoms with Gasteiger partial charge in [-0.3, -0.25) is 0 Å². The van der Waals surface area contributed by atoms with Crippen LogP contribution in [0.25, 0.3) is 0 Å². The Morgan fingerprint density at radius 3 is 2.17 bits per heavy atom. The molecule has 0 saturated heterocycles. The van der Waals surface area contributed by atoms with Crippen LogP contribution in [0.5, 0.6) is 0 Å². The van der Waals surface area contributed by atoms with E-state index >= 15 is 0 Å². The first-order valence-corrected chi connectivity index (χ1v) is 6.88. The van der Waals surface area contributed by atoms with E-state index in [9.17, 15) is 9.59 Å². The van der Waals surface area contributed by atoms with Crippen LogP contribution in [-0.4, -0.2) is 24.2 Å². The average molecular weight is 252 g/mol. The molecule has 0 spiro atoms. The van der Waals surface area contributed by atoms with Crippen LogP contribution in [0.1, 0.15) is 65.2 Å². The van der Waals surface area contributed by atoms with Crippen LogP contribution in [0.3, 0.4) is 0 Å². The molecule has 102 valence electrons. The van der Waals surface area contributed by atoms with Crippen LogP contribution in [0.4, 0.5) is 0 Å². The van der Waals surface area contributed by atoms with Gasteiger partial charge in [-0.25, -0.2) is 19.6 Å². The fraction of sp³-hybridized carbons (Fsp3) is 0.857. The van der Waals surface area contributed by atoms with Gasteiger partial charge in [0.2, 0.25) is 12.2 Å². The molecule has 0 radical (unpaired) electrons. The molecule has 4 nitrogen and oxygen atoms in total. The molecule has 2 unspecified atom stereocenters. The van der Waals surface area contributed by atoms with Gasteiger partial charge in [-0.2, -0.15) is 0 Å². The summed E-state index contributed by atoms with van der Waals surface area (Å²) in [5.41, 5.74) is 0. The molecule has 0 aromatic heterocycles. The number of isocyanates is 2. The number of unbranched alkanes of at least 4 members (excludes halogenated alkanes) is 5. The maximum absolute atomic E-state index is 10.3. The molecule has 0 aliphatic heterocycles. The van der Waals surface area contributed by atoms with E-state index in [-0.39, 0.29) is 12.1 Å². The number of rotatable bonds is 11. The number of aliphatic imine (C=N–C) groups is 2. The Bertz CT molecular complexity index is 292. The molecule has 4 heteroatoms. The zero-order chi connectivity index (χ0) is 13.6. The highest BCUT2D eigenvalue weighted by Crippen LogP contribution is 2.14. The molecule has 0 fully saturated rings. The van der Waals surface area contributed by atoms with Crippen LogP contribution in [-0.2, 0) is 9.59 Å². The summed E-state index contributed by atoms with van der Waals surface area (Å²) in [7, 11) is 0. The van der Waals surface area contributed by atoms with Gasteiger partial charge in [-0.1, -0.05) is 45.4 Å². The normalized spacial score (nSPS) is 13.2. The van der Waals surface area contributed by atoms with Crippen molar-refractivity contribution in [2.75, 3.05) is 0 Å². The second kappa shape index (κ2) is 12.2. The van der Waals surface area contributed by atoms with E-state index in [0.717, 1.165) is 12.8 Å². The molecular formula is C14H24N2O2. The van der Waals surface area contributed by atoms with Gasteiger partial charge < -0.3 is 0 Å². The fourth-order valence-corrected chi connectivity index (χ4v) is 2.01. The SMILES string of the molecule is CCCCCCCCC(CC(C)N=C=O)N=C=O. The third-order valence-corrected chi connectivity index (χ3v) is 3.01. The van der Waals surface area contributed by atoms with Gasteiger partial charge in [0, 0.05) is 0 Å². The third-order valence-electron chi connectivity index (χ3n) is 3.01. The largest absolute Gasteiger partial charge is 0.235 e. The lowest BCUT2D eigenvalue weighted by atomic mass is 10.0. The highest BCUT2D eigenvalue weighted by atomic mass is 16.1. The number of carbonyl (C=O) groups excluding carboxylic acids is 2. The van der Waals surface area contributed by atoms with Crippen LogP contribution < -0.4 is 0 Å². The third kappa shape index (κ3) is 9.95. The highest BCUT2D eigenvalue weighted by molar-refractivity contribution is 5.34. The van der Waals surface area contributed by atoms with Gasteiger partial charge in [-0.05, 0) is 19.8 Å². The van der Waals surface area contributed by atoms with Crippen LogP contribution in [0, 0.1) is 0 Å². The molecular weight excluding hydrogens is 228 g/mol. The van der Waals surface area contributed by atoms with Gasteiger partial charge in [0.05, 0.1) is 12.1 Å². The molecule has 0 aliphatic rings. The Morgan fingerprint density at radius 2 is 1.56 bits per heavy atom. The summed E-state index contributed by atoms with van der Waals surface area (Å²) in [5.74, 6) is 0. The van der Waals surface area contributed by atoms with Gasteiger partial charge >= 0.3 is 0 Å². The first kappa shape index (κ1) is 16.8. The maximum atomic E-state index is 10.3. The lowest BCUT2D eigenvalue weighted by molar-refractivity contribution is 0.477. The summed E-state index contributed by atoms with van der Waals surface area (Å²) in [5, 5.41) is 0. The summed E-state index contributed by atoms with van der Waals surface area (Å²) < 4.78 is 0. The second-order valence-electron chi connectivity index (χ2n) is 4.74. The van der Waals surface area contributed by atoms with E-state index in [1.165, 1.54) is 32.1 Å². The quantitative estimate of drug-likeness (QED) is 0.321. The van der Waals surface area contributed by atoms with Crippen molar-refractivity contribution >= 4 is 12.2 Å². The number of hydrogen-bond donors (Lipinski definition) is 0. The van der Waals surface area contributed by atoms with Crippen LogP contribution >= 0.6 is 0 Å². The summed E-state index contributed by atoms with van der Waals surface area (Å²) in [6, 6.07) is -0.175. The van der Waals surface area contributed by atoms with E-state index in [0.29, 0.717) is 6.42 Å². The molecule has 0 aliphatic carbocycles. The summed E-state index contributed by atoms with van der Waals surface area (Å²) in [4.78, 5) is 27.8. The molecule has 2 atom stereocenters. The molecule has 0 aromatic carbocycles. The van der Waals surface area contributed by atoms with E-state index < -0.39 is 0 Å². The van der Waals surface area contributed by atoms with Gasteiger partial charge in [0.1, 0.15) is 0 Å². The van der Waals surface area contributed by atoms with Gasteiger partial charge in [0.25, 0.3) is 0 Å². The zero-order valence-electron chi connectivity index (χ0n) is 11.5. The summed E-state index contributed by atoms with van der Waals surface area (Å²) in [6.45, 7) is 4.03. The van der Waals surface area contributed by atoms with E-state index in [2.05, 4.69) is 16.9 Å². The summed E-state index contributed by atoms with van der Waals surface area (Å²) in [6.07, 6.45) is 12.0. The molecule has 0 N–H and O–H groups in total. The van der Waals surface area contributed by atoms with Crippen molar-refractivity contribution < 1.29 is 9.59 Å². The number of nitrogens with zero attached hydrogens (tertiary/aromatic N) is 2. The zero-order valence-corrected chi connectivity index (χ0v) is 11.5. The predicted molar refractivity (Wildman–Crippen MR) is 72.1 cm³/mol. The average Bonchev–Trinajstić information content (AvgIpc) is 2.34. The molecule has 0 heterocycles. The molecule has 0 rings (SSSR count). The monoisotopic (exact) mass is 252 g/mol. The lowest BCUT2D eigenvalue weighted by Gasteiger charge is -2.12. The van der Waals surface area contributed by atoms with Crippen molar-refractivity contribution in [3.05, 3.63) is 0 Å². The van der Waals surface area contributed by atoms with E-state index in [4.69, 9.17) is 0 Å². The first-order valence-electron chi connectivity index (χ1n) is 6.88. The molecule has 0 bridgehead atoms. The Balaban J connectivity index is 3.83. The molecule has 18 heavy (non-hydrogen) atoms. The van der Waals surface area contributed by atoms with E-state index in [1.54, 1.807) is 12.2 Å². The second-order valence-corrected chi connectivity index (χ2v) is 4.74. The molecule has 0 amide bonds. The predicted octanol–water partition coefficient (Wildman–Crippen LogP) is 3.56. The van der Waals surface area contributed by atoms with Crippen molar-refractivity contribution in [1.29, 1.82) is 0 Å². The minimum Gasteiger partial charge on any atom is -0.211 e. The van der Waals surface area contributed by atoms with Crippen molar-refractivity contribution in [1.82, 2.24) is 0 Å². The van der Waals surface area contributed by atoms with Gasteiger partial charge in [-0.15, -0.1) is 0 Å². The minimum atomic E-state index is -0.121. The maximum Gasteiger partial charge on any atom is 0.235 e. The highest BCUT2D eigenvalue weighted by Gasteiger charge is 2.11. The molecule has 0 aromatic rings. The first-order chi connectivity index (χ1) is 8.74.